The first kappa shape index (κ1) is 11.0. The highest BCUT2D eigenvalue weighted by Gasteiger charge is 2.14. The highest BCUT2D eigenvalue weighted by atomic mass is 19.1. The van der Waals surface area contributed by atoms with Gasteiger partial charge in [0.05, 0.1) is 5.69 Å². The van der Waals surface area contributed by atoms with Gasteiger partial charge in [-0.2, -0.15) is 0 Å². The molecule has 1 aromatic carbocycles. The second-order valence-corrected chi connectivity index (χ2v) is 4.35. The van der Waals surface area contributed by atoms with Crippen molar-refractivity contribution in [3.8, 4) is 0 Å². The van der Waals surface area contributed by atoms with E-state index in [2.05, 4.69) is 5.32 Å². The molecule has 0 aliphatic rings. The molecule has 78 valence electrons. The summed E-state index contributed by atoms with van der Waals surface area (Å²) in [5, 5.41) is 3.11. The molecule has 0 spiro atoms. The lowest BCUT2D eigenvalue weighted by molar-refractivity contribution is 0.595. The SMILES string of the molecule is CC(C)(C)Nc1c(F)cccc1CN. The van der Waals surface area contributed by atoms with E-state index in [9.17, 15) is 4.39 Å². The van der Waals surface area contributed by atoms with Crippen molar-refractivity contribution in [1.82, 2.24) is 0 Å². The predicted molar refractivity (Wildman–Crippen MR) is 57.7 cm³/mol. The molecular formula is C11H17FN2. The van der Waals surface area contributed by atoms with E-state index in [-0.39, 0.29) is 11.4 Å². The number of benzene rings is 1. The van der Waals surface area contributed by atoms with E-state index in [1.165, 1.54) is 6.07 Å². The summed E-state index contributed by atoms with van der Waals surface area (Å²) in [6.45, 7) is 6.30. The van der Waals surface area contributed by atoms with Gasteiger partial charge >= 0.3 is 0 Å². The van der Waals surface area contributed by atoms with Crippen molar-refractivity contribution in [2.75, 3.05) is 5.32 Å². The van der Waals surface area contributed by atoms with E-state index >= 15 is 0 Å². The van der Waals surface area contributed by atoms with Crippen LogP contribution in [0.3, 0.4) is 0 Å². The normalized spacial score (nSPS) is 11.5. The van der Waals surface area contributed by atoms with Crippen molar-refractivity contribution in [2.24, 2.45) is 5.73 Å². The van der Waals surface area contributed by atoms with Gasteiger partial charge in [0.2, 0.25) is 0 Å². The molecule has 0 bridgehead atoms. The summed E-state index contributed by atoms with van der Waals surface area (Å²) in [6.07, 6.45) is 0. The summed E-state index contributed by atoms with van der Waals surface area (Å²) < 4.78 is 13.4. The maximum absolute atomic E-state index is 13.4. The molecule has 1 aromatic rings. The van der Waals surface area contributed by atoms with Crippen LogP contribution in [0.15, 0.2) is 18.2 Å². The van der Waals surface area contributed by atoms with Crippen LogP contribution in [0.2, 0.25) is 0 Å². The number of hydrogen-bond acceptors (Lipinski definition) is 2. The minimum atomic E-state index is -0.247. The molecular weight excluding hydrogens is 179 g/mol. The Morgan fingerprint density at radius 2 is 2.00 bits per heavy atom. The maximum Gasteiger partial charge on any atom is 0.146 e. The third-order valence-electron chi connectivity index (χ3n) is 1.82. The van der Waals surface area contributed by atoms with Crippen molar-refractivity contribution in [3.63, 3.8) is 0 Å². The van der Waals surface area contributed by atoms with E-state index in [0.29, 0.717) is 12.2 Å². The van der Waals surface area contributed by atoms with Crippen LogP contribution in [0.5, 0.6) is 0 Å². The van der Waals surface area contributed by atoms with Crippen LogP contribution in [0.25, 0.3) is 0 Å². The van der Waals surface area contributed by atoms with E-state index < -0.39 is 0 Å². The summed E-state index contributed by atoms with van der Waals surface area (Å²) in [7, 11) is 0. The molecule has 2 nitrogen and oxygen atoms in total. The highest BCUT2D eigenvalue weighted by Crippen LogP contribution is 2.22. The van der Waals surface area contributed by atoms with Crippen LogP contribution in [0.1, 0.15) is 26.3 Å². The minimum Gasteiger partial charge on any atom is -0.378 e. The van der Waals surface area contributed by atoms with Crippen molar-refractivity contribution in [2.45, 2.75) is 32.9 Å². The molecule has 1 rings (SSSR count). The number of anilines is 1. The number of hydrogen-bond donors (Lipinski definition) is 2. The molecule has 0 unspecified atom stereocenters. The van der Waals surface area contributed by atoms with Crippen molar-refractivity contribution in [1.29, 1.82) is 0 Å². The molecule has 3 N–H and O–H groups in total. The van der Waals surface area contributed by atoms with Crippen LogP contribution in [-0.2, 0) is 6.54 Å². The van der Waals surface area contributed by atoms with E-state index in [1.807, 2.05) is 26.8 Å². The van der Waals surface area contributed by atoms with Gasteiger partial charge in [-0.3, -0.25) is 0 Å². The highest BCUT2D eigenvalue weighted by molar-refractivity contribution is 5.53. The number of rotatable bonds is 2. The first-order valence-corrected chi connectivity index (χ1v) is 4.69. The summed E-state index contributed by atoms with van der Waals surface area (Å²) in [5.74, 6) is -0.247. The average molecular weight is 196 g/mol. The first-order chi connectivity index (χ1) is 6.44. The molecule has 0 saturated carbocycles. The Morgan fingerprint density at radius 3 is 2.50 bits per heavy atom. The second kappa shape index (κ2) is 3.96. The first-order valence-electron chi connectivity index (χ1n) is 4.69. The molecule has 0 heterocycles. The van der Waals surface area contributed by atoms with Crippen LogP contribution < -0.4 is 11.1 Å². The van der Waals surface area contributed by atoms with E-state index in [0.717, 1.165) is 5.56 Å². The fourth-order valence-electron chi connectivity index (χ4n) is 1.25. The van der Waals surface area contributed by atoms with Gasteiger partial charge in [-0.25, -0.2) is 4.39 Å². The Kier molecular flexibility index (Phi) is 3.11. The summed E-state index contributed by atoms with van der Waals surface area (Å²) in [6, 6.07) is 4.94. The molecule has 0 atom stereocenters. The second-order valence-electron chi connectivity index (χ2n) is 4.35. The lowest BCUT2D eigenvalue weighted by atomic mass is 10.1. The number of para-hydroxylation sites is 1. The molecule has 14 heavy (non-hydrogen) atoms. The van der Waals surface area contributed by atoms with Gasteiger partial charge in [-0.1, -0.05) is 12.1 Å². The summed E-state index contributed by atoms with van der Waals surface area (Å²) in [4.78, 5) is 0. The molecule has 0 saturated heterocycles. The summed E-state index contributed by atoms with van der Waals surface area (Å²) >= 11 is 0. The predicted octanol–water partition coefficient (Wildman–Crippen LogP) is 2.49. The van der Waals surface area contributed by atoms with Crippen molar-refractivity contribution < 1.29 is 4.39 Å². The Labute approximate surface area is 84.3 Å². The van der Waals surface area contributed by atoms with Gasteiger partial charge in [0.15, 0.2) is 0 Å². The number of halogens is 1. The fraction of sp³-hybridized carbons (Fsp3) is 0.455. The lowest BCUT2D eigenvalue weighted by Gasteiger charge is -2.24. The van der Waals surface area contributed by atoms with Gasteiger partial charge in [0.1, 0.15) is 5.82 Å². The average Bonchev–Trinajstić information content (AvgIpc) is 2.06. The fourth-order valence-corrected chi connectivity index (χ4v) is 1.25. The topological polar surface area (TPSA) is 38.0 Å². The summed E-state index contributed by atoms with van der Waals surface area (Å²) in [5.41, 5.74) is 6.69. The molecule has 0 aliphatic carbocycles. The molecule has 0 aromatic heterocycles. The maximum atomic E-state index is 13.4. The van der Waals surface area contributed by atoms with Gasteiger partial charge in [0, 0.05) is 12.1 Å². The largest absolute Gasteiger partial charge is 0.378 e. The third-order valence-corrected chi connectivity index (χ3v) is 1.82. The van der Waals surface area contributed by atoms with Crippen LogP contribution in [0, 0.1) is 5.82 Å². The van der Waals surface area contributed by atoms with Gasteiger partial charge in [0.25, 0.3) is 0 Å². The van der Waals surface area contributed by atoms with Crippen LogP contribution in [-0.4, -0.2) is 5.54 Å². The van der Waals surface area contributed by atoms with Gasteiger partial charge in [-0.15, -0.1) is 0 Å². The molecule has 0 fully saturated rings. The van der Waals surface area contributed by atoms with Crippen LogP contribution in [0.4, 0.5) is 10.1 Å². The Morgan fingerprint density at radius 1 is 1.36 bits per heavy atom. The molecule has 0 amide bonds. The van der Waals surface area contributed by atoms with Crippen LogP contribution >= 0.6 is 0 Å². The van der Waals surface area contributed by atoms with Gasteiger partial charge in [-0.05, 0) is 32.4 Å². The lowest BCUT2D eigenvalue weighted by Crippen LogP contribution is -2.27. The number of nitrogens with one attached hydrogen (secondary N) is 1. The molecule has 0 aliphatic heterocycles. The standard InChI is InChI=1S/C11H17FN2/c1-11(2,3)14-10-8(7-13)5-4-6-9(10)12/h4-6,14H,7,13H2,1-3H3. The van der Waals surface area contributed by atoms with Crippen molar-refractivity contribution in [3.05, 3.63) is 29.6 Å². The number of nitrogens with two attached hydrogens (primary N) is 1. The van der Waals surface area contributed by atoms with Gasteiger partial charge < -0.3 is 11.1 Å². The zero-order valence-corrected chi connectivity index (χ0v) is 8.89. The quantitative estimate of drug-likeness (QED) is 0.762. The smallest absolute Gasteiger partial charge is 0.146 e. The molecule has 0 radical (unpaired) electrons. The third kappa shape index (κ3) is 2.70. The zero-order chi connectivity index (χ0) is 10.8. The Bertz CT molecular complexity index is 316. The monoisotopic (exact) mass is 196 g/mol. The zero-order valence-electron chi connectivity index (χ0n) is 8.89. The van der Waals surface area contributed by atoms with E-state index in [4.69, 9.17) is 5.73 Å². The Balaban J connectivity index is 3.05. The Hall–Kier alpha value is -1.09. The minimum absolute atomic E-state index is 0.161. The van der Waals surface area contributed by atoms with E-state index in [1.54, 1.807) is 6.07 Å². The molecule has 3 heteroatoms. The van der Waals surface area contributed by atoms with Crippen molar-refractivity contribution >= 4 is 5.69 Å².